The number of carboxylic acids is 1. The van der Waals surface area contributed by atoms with Crippen LogP contribution in [0.5, 0.6) is 0 Å². The van der Waals surface area contributed by atoms with Gasteiger partial charge in [-0.1, -0.05) is 13.8 Å². The van der Waals surface area contributed by atoms with Crippen LogP contribution >= 0.6 is 11.3 Å². The van der Waals surface area contributed by atoms with Crippen LogP contribution in [0.15, 0.2) is 0 Å². The fourth-order valence-electron chi connectivity index (χ4n) is 1.70. The molecule has 7 heteroatoms. The zero-order valence-electron chi connectivity index (χ0n) is 13.2. The molecule has 118 valence electrons. The van der Waals surface area contributed by atoms with Crippen molar-refractivity contribution in [2.45, 2.75) is 53.2 Å². The Hall–Kier alpha value is -1.63. The van der Waals surface area contributed by atoms with E-state index >= 15 is 0 Å². The molecule has 1 aromatic heterocycles. The van der Waals surface area contributed by atoms with E-state index in [-0.39, 0.29) is 17.7 Å². The fourth-order valence-corrected chi connectivity index (χ4v) is 2.83. The van der Waals surface area contributed by atoms with Crippen molar-refractivity contribution in [1.29, 1.82) is 0 Å². The predicted octanol–water partition coefficient (Wildman–Crippen LogP) is 3.37. The van der Waals surface area contributed by atoms with Gasteiger partial charge in [-0.25, -0.2) is 14.6 Å². The Morgan fingerprint density at radius 3 is 2.29 bits per heavy atom. The number of carbonyl (C=O) groups is 2. The van der Waals surface area contributed by atoms with Crippen LogP contribution < -0.4 is 5.32 Å². The number of hydrogen-bond acceptors (Lipinski definition) is 5. The molecule has 1 rings (SSSR count). The second-order valence-corrected chi connectivity index (χ2v) is 7.36. The molecule has 0 fully saturated rings. The quantitative estimate of drug-likeness (QED) is 0.889. The number of nitrogens with one attached hydrogen (secondary N) is 1. The topological polar surface area (TPSA) is 88.5 Å². The minimum Gasteiger partial charge on any atom is -0.476 e. The molecule has 2 N–H and O–H groups in total. The van der Waals surface area contributed by atoms with Crippen LogP contribution in [0, 0.1) is 12.8 Å². The van der Waals surface area contributed by atoms with E-state index in [4.69, 9.17) is 9.84 Å². The summed E-state index contributed by atoms with van der Waals surface area (Å²) in [6.07, 6.45) is -0.536. The summed E-state index contributed by atoms with van der Waals surface area (Å²) in [7, 11) is 0. The SMILES string of the molecule is Cc1sc([C@@H](NC(=O)OC(C)(C)C)C(C)C)nc1C(=O)O. The Morgan fingerprint density at radius 1 is 1.33 bits per heavy atom. The van der Waals surface area contributed by atoms with Gasteiger partial charge in [-0.05, 0) is 33.6 Å². The Kier molecular flexibility index (Phi) is 5.33. The Balaban J connectivity index is 2.95. The van der Waals surface area contributed by atoms with Gasteiger partial charge in [-0.2, -0.15) is 0 Å². The number of hydrogen-bond donors (Lipinski definition) is 2. The first kappa shape index (κ1) is 17.4. The zero-order chi connectivity index (χ0) is 16.4. The summed E-state index contributed by atoms with van der Waals surface area (Å²) in [6.45, 7) is 10.9. The smallest absolute Gasteiger partial charge is 0.408 e. The summed E-state index contributed by atoms with van der Waals surface area (Å²) in [4.78, 5) is 27.7. The molecule has 1 atom stereocenters. The molecule has 0 aliphatic heterocycles. The van der Waals surface area contributed by atoms with E-state index in [0.29, 0.717) is 9.88 Å². The van der Waals surface area contributed by atoms with Crippen molar-refractivity contribution in [3.05, 3.63) is 15.6 Å². The lowest BCUT2D eigenvalue weighted by Gasteiger charge is -2.24. The lowest BCUT2D eigenvalue weighted by Crippen LogP contribution is -2.36. The number of rotatable bonds is 4. The van der Waals surface area contributed by atoms with Crippen LogP contribution in [0.4, 0.5) is 4.79 Å². The number of alkyl carbamates (subject to hydrolysis) is 1. The molecule has 0 aromatic carbocycles. The lowest BCUT2D eigenvalue weighted by atomic mass is 10.1. The van der Waals surface area contributed by atoms with Crippen molar-refractivity contribution in [2.75, 3.05) is 0 Å². The number of carbonyl (C=O) groups excluding carboxylic acids is 1. The highest BCUT2D eigenvalue weighted by molar-refractivity contribution is 7.12. The summed E-state index contributed by atoms with van der Waals surface area (Å²) >= 11 is 1.28. The highest BCUT2D eigenvalue weighted by Gasteiger charge is 2.26. The van der Waals surface area contributed by atoms with E-state index in [1.54, 1.807) is 27.7 Å². The van der Waals surface area contributed by atoms with Crippen molar-refractivity contribution in [1.82, 2.24) is 10.3 Å². The molecule has 0 saturated carbocycles. The van der Waals surface area contributed by atoms with Crippen LogP contribution in [-0.4, -0.2) is 27.8 Å². The third-order valence-corrected chi connectivity index (χ3v) is 3.67. The van der Waals surface area contributed by atoms with Gasteiger partial charge in [-0.3, -0.25) is 0 Å². The van der Waals surface area contributed by atoms with Gasteiger partial charge in [0.2, 0.25) is 0 Å². The van der Waals surface area contributed by atoms with Gasteiger partial charge in [0.05, 0.1) is 6.04 Å². The number of thiazole rings is 1. The van der Waals surface area contributed by atoms with Gasteiger partial charge in [0.25, 0.3) is 0 Å². The van der Waals surface area contributed by atoms with Crippen LogP contribution in [0.3, 0.4) is 0 Å². The number of amides is 1. The predicted molar refractivity (Wildman–Crippen MR) is 80.8 cm³/mol. The summed E-state index contributed by atoms with van der Waals surface area (Å²) in [5, 5.41) is 12.4. The molecule has 0 saturated heterocycles. The van der Waals surface area contributed by atoms with Gasteiger partial charge in [0, 0.05) is 4.88 Å². The van der Waals surface area contributed by atoms with Crippen LogP contribution in [0.1, 0.15) is 61.0 Å². The number of carboxylic acid groups (broad SMARTS) is 1. The zero-order valence-corrected chi connectivity index (χ0v) is 14.0. The minimum absolute atomic E-state index is 0.0339. The van der Waals surface area contributed by atoms with Crippen molar-refractivity contribution < 1.29 is 19.4 Å². The monoisotopic (exact) mass is 314 g/mol. The first-order chi connectivity index (χ1) is 9.51. The molecule has 0 aliphatic rings. The largest absolute Gasteiger partial charge is 0.476 e. The number of aromatic carboxylic acids is 1. The van der Waals surface area contributed by atoms with Gasteiger partial charge >= 0.3 is 12.1 Å². The standard InChI is InChI=1S/C14H22N2O4S/c1-7(2)9(16-13(19)20-14(4,5)6)11-15-10(12(17)18)8(3)21-11/h7,9H,1-6H3,(H,16,19)(H,17,18)/t9-/m0/s1. The van der Waals surface area contributed by atoms with E-state index in [2.05, 4.69) is 10.3 Å². The van der Waals surface area contributed by atoms with Gasteiger partial charge < -0.3 is 15.2 Å². The molecule has 1 amide bonds. The molecular formula is C14H22N2O4S. The Morgan fingerprint density at radius 2 is 1.90 bits per heavy atom. The number of ether oxygens (including phenoxy) is 1. The molecule has 21 heavy (non-hydrogen) atoms. The number of nitrogens with zero attached hydrogens (tertiary/aromatic N) is 1. The maximum absolute atomic E-state index is 11.9. The number of aryl methyl sites for hydroxylation is 1. The highest BCUT2D eigenvalue weighted by Crippen LogP contribution is 2.28. The first-order valence-corrected chi connectivity index (χ1v) is 7.53. The van der Waals surface area contributed by atoms with Crippen molar-refractivity contribution in [2.24, 2.45) is 5.92 Å². The van der Waals surface area contributed by atoms with E-state index in [0.717, 1.165) is 0 Å². The fraction of sp³-hybridized carbons (Fsp3) is 0.643. The second kappa shape index (κ2) is 6.43. The number of aromatic nitrogens is 1. The van der Waals surface area contributed by atoms with Gasteiger partial charge in [-0.15, -0.1) is 11.3 Å². The third kappa shape index (κ3) is 5.00. The maximum atomic E-state index is 11.9. The van der Waals surface area contributed by atoms with Crippen molar-refractivity contribution in [3.63, 3.8) is 0 Å². The van der Waals surface area contributed by atoms with Gasteiger partial charge in [0.1, 0.15) is 10.6 Å². The summed E-state index contributed by atoms with van der Waals surface area (Å²) in [5.74, 6) is -1.00. The lowest BCUT2D eigenvalue weighted by molar-refractivity contribution is 0.0489. The summed E-state index contributed by atoms with van der Waals surface area (Å²) < 4.78 is 5.23. The molecule has 0 unspecified atom stereocenters. The van der Waals surface area contributed by atoms with Crippen LogP contribution in [-0.2, 0) is 4.74 Å². The molecular weight excluding hydrogens is 292 g/mol. The van der Waals surface area contributed by atoms with Gasteiger partial charge in [0.15, 0.2) is 5.69 Å². The van der Waals surface area contributed by atoms with Crippen molar-refractivity contribution in [3.8, 4) is 0 Å². The van der Waals surface area contributed by atoms with E-state index in [1.807, 2.05) is 13.8 Å². The Bertz CT molecular complexity index is 532. The summed E-state index contributed by atoms with van der Waals surface area (Å²) in [5.41, 5.74) is -0.553. The third-order valence-electron chi connectivity index (χ3n) is 2.62. The molecule has 0 spiro atoms. The van der Waals surface area contributed by atoms with E-state index in [9.17, 15) is 9.59 Å². The molecule has 1 aromatic rings. The summed E-state index contributed by atoms with van der Waals surface area (Å²) in [6, 6.07) is -0.378. The molecule has 1 heterocycles. The van der Waals surface area contributed by atoms with Crippen LogP contribution in [0.25, 0.3) is 0 Å². The van der Waals surface area contributed by atoms with Crippen molar-refractivity contribution >= 4 is 23.4 Å². The van der Waals surface area contributed by atoms with Crippen LogP contribution in [0.2, 0.25) is 0 Å². The van der Waals surface area contributed by atoms with E-state index < -0.39 is 17.7 Å². The average molecular weight is 314 g/mol. The second-order valence-electron chi connectivity index (χ2n) is 6.13. The molecule has 6 nitrogen and oxygen atoms in total. The average Bonchev–Trinajstić information content (AvgIpc) is 2.65. The first-order valence-electron chi connectivity index (χ1n) is 6.71. The minimum atomic E-state index is -1.06. The van der Waals surface area contributed by atoms with E-state index in [1.165, 1.54) is 11.3 Å². The maximum Gasteiger partial charge on any atom is 0.408 e. The Labute approximate surface area is 128 Å². The highest BCUT2D eigenvalue weighted by atomic mass is 32.1. The molecule has 0 bridgehead atoms. The normalized spacial score (nSPS) is 13.1. The molecule has 0 aliphatic carbocycles. The molecule has 0 radical (unpaired) electrons.